The zero-order valence-electron chi connectivity index (χ0n) is 16.7. The maximum Gasteiger partial charge on any atom is 0.116 e. The highest BCUT2D eigenvalue weighted by Crippen LogP contribution is 2.34. The van der Waals surface area contributed by atoms with E-state index in [0.717, 1.165) is 61.2 Å². The number of fused-ring (bicyclic) bond motifs is 4. The van der Waals surface area contributed by atoms with E-state index in [-0.39, 0.29) is 5.75 Å². The largest absolute Gasteiger partial charge is 0.508 e. The van der Waals surface area contributed by atoms with Crippen LogP contribution in [0.3, 0.4) is 0 Å². The smallest absolute Gasteiger partial charge is 0.116 e. The Hall–Kier alpha value is -3.90. The van der Waals surface area contributed by atoms with Gasteiger partial charge >= 0.3 is 0 Å². The van der Waals surface area contributed by atoms with Crippen LogP contribution in [0, 0.1) is 0 Å². The van der Waals surface area contributed by atoms with Crippen LogP contribution in [-0.2, 0) is 0 Å². The van der Waals surface area contributed by atoms with Gasteiger partial charge < -0.3 is 5.11 Å². The Balaban J connectivity index is 1.52. The predicted octanol–water partition coefficient (Wildman–Crippen LogP) is 5.57. The van der Waals surface area contributed by atoms with Crippen molar-refractivity contribution in [2.75, 3.05) is 0 Å². The number of rotatable bonds is 1. The van der Waals surface area contributed by atoms with Crippen LogP contribution in [0.4, 0.5) is 0 Å². The molecule has 5 aliphatic heterocycles. The number of hydrogen-bond acceptors (Lipinski definition) is 5. The SMILES string of the molecule is Oc1ccc(Br)c(C2=CC3=CC4=NC(=CC5=NC(=CC6=NC(=CC2=N3)C=C6)C=C5)C=C4)c1. The number of halogens is 1. The van der Waals surface area contributed by atoms with Crippen molar-refractivity contribution in [2.24, 2.45) is 20.0 Å². The highest BCUT2D eigenvalue weighted by molar-refractivity contribution is 9.10. The molecule has 0 spiro atoms. The molecule has 0 atom stereocenters. The van der Waals surface area contributed by atoms with E-state index in [1.807, 2.05) is 72.9 Å². The van der Waals surface area contributed by atoms with Crippen LogP contribution in [0.5, 0.6) is 5.75 Å². The van der Waals surface area contributed by atoms with Crippen LogP contribution >= 0.6 is 15.9 Å². The standard InChI is InChI=1S/C26H15BrN4O/c27-25-8-7-22(32)14-23(25)24-12-21-11-19-4-3-17(29-19)9-15-1-2-16(28-15)10-18-5-6-20(30-18)13-26(24)31-21/h1-14,32H. The fourth-order valence-electron chi connectivity index (χ4n) is 3.83. The minimum atomic E-state index is 0.196. The Bertz CT molecular complexity index is 1470. The summed E-state index contributed by atoms with van der Waals surface area (Å²) in [5.41, 5.74) is 8.32. The molecule has 8 bridgehead atoms. The van der Waals surface area contributed by atoms with Gasteiger partial charge in [-0.1, -0.05) is 15.9 Å². The second-order valence-electron chi connectivity index (χ2n) is 7.61. The zero-order valence-corrected chi connectivity index (χ0v) is 18.3. The Morgan fingerprint density at radius 3 is 1.78 bits per heavy atom. The number of aliphatic imine (C=N–C) groups is 4. The van der Waals surface area contributed by atoms with Gasteiger partial charge in [0.25, 0.3) is 0 Å². The summed E-state index contributed by atoms with van der Waals surface area (Å²) in [6.45, 7) is 0. The van der Waals surface area contributed by atoms with Crippen molar-refractivity contribution in [1.82, 2.24) is 0 Å². The number of benzene rings is 1. The van der Waals surface area contributed by atoms with Crippen molar-refractivity contribution in [1.29, 1.82) is 0 Å². The van der Waals surface area contributed by atoms with Crippen molar-refractivity contribution < 1.29 is 5.11 Å². The van der Waals surface area contributed by atoms with Crippen molar-refractivity contribution in [3.8, 4) is 5.75 Å². The molecule has 32 heavy (non-hydrogen) atoms. The first-order chi connectivity index (χ1) is 15.6. The number of phenolic OH excluding ortho intramolecular Hbond substituents is 1. The van der Waals surface area contributed by atoms with Crippen LogP contribution in [0.15, 0.2) is 132 Å². The summed E-state index contributed by atoms with van der Waals surface area (Å²) < 4.78 is 0.875. The van der Waals surface area contributed by atoms with Crippen LogP contribution < -0.4 is 0 Å². The van der Waals surface area contributed by atoms with Gasteiger partial charge in [0.05, 0.1) is 45.6 Å². The van der Waals surface area contributed by atoms with E-state index in [9.17, 15) is 5.11 Å². The molecule has 5 aliphatic rings. The quantitative estimate of drug-likeness (QED) is 0.562. The number of allylic oxidation sites excluding steroid dienone is 12. The van der Waals surface area contributed by atoms with Crippen LogP contribution in [0.1, 0.15) is 5.56 Å². The Kier molecular flexibility index (Phi) is 4.33. The molecule has 0 amide bonds. The number of nitrogens with zero attached hydrogens (tertiary/aromatic N) is 4. The van der Waals surface area contributed by atoms with Crippen LogP contribution in [0.25, 0.3) is 5.57 Å². The molecule has 0 saturated carbocycles. The lowest BCUT2D eigenvalue weighted by Gasteiger charge is -2.07. The van der Waals surface area contributed by atoms with Gasteiger partial charge in [0, 0.05) is 15.6 Å². The van der Waals surface area contributed by atoms with Crippen molar-refractivity contribution in [2.45, 2.75) is 0 Å². The molecule has 1 N–H and O–H groups in total. The number of hydrogen-bond donors (Lipinski definition) is 1. The van der Waals surface area contributed by atoms with Gasteiger partial charge in [-0.15, -0.1) is 0 Å². The molecule has 6 rings (SSSR count). The molecule has 0 fully saturated rings. The molecular formula is C26H15BrN4O. The molecular weight excluding hydrogens is 464 g/mol. The minimum Gasteiger partial charge on any atom is -0.508 e. The van der Waals surface area contributed by atoms with E-state index in [1.165, 1.54) is 0 Å². The first kappa shape index (κ1) is 18.8. The molecule has 0 saturated heterocycles. The predicted molar refractivity (Wildman–Crippen MR) is 133 cm³/mol. The lowest BCUT2D eigenvalue weighted by Crippen LogP contribution is -1.97. The Morgan fingerprint density at radius 2 is 1.16 bits per heavy atom. The maximum absolute atomic E-state index is 10.1. The molecule has 5 nitrogen and oxygen atoms in total. The van der Waals surface area contributed by atoms with E-state index >= 15 is 0 Å². The van der Waals surface area contributed by atoms with E-state index in [0.29, 0.717) is 0 Å². The van der Waals surface area contributed by atoms with E-state index in [4.69, 9.17) is 9.98 Å². The topological polar surface area (TPSA) is 69.7 Å². The summed E-state index contributed by atoms with van der Waals surface area (Å²) in [7, 11) is 0. The van der Waals surface area contributed by atoms with Gasteiger partial charge in [0.1, 0.15) is 5.75 Å². The minimum absolute atomic E-state index is 0.196. The average molecular weight is 479 g/mol. The summed E-state index contributed by atoms with van der Waals surface area (Å²) in [5.74, 6) is 0.196. The first-order valence-electron chi connectivity index (χ1n) is 10.1. The summed E-state index contributed by atoms with van der Waals surface area (Å²) in [6, 6.07) is 5.21. The average Bonchev–Trinajstić information content (AvgIpc) is 3.55. The van der Waals surface area contributed by atoms with Crippen molar-refractivity contribution in [3.05, 3.63) is 118 Å². The zero-order chi connectivity index (χ0) is 21.7. The Labute approximate surface area is 192 Å². The van der Waals surface area contributed by atoms with Gasteiger partial charge in [0.15, 0.2) is 0 Å². The Morgan fingerprint density at radius 1 is 0.594 bits per heavy atom. The fourth-order valence-corrected chi connectivity index (χ4v) is 4.29. The number of phenols is 1. The molecule has 1 aromatic rings. The van der Waals surface area contributed by atoms with E-state index in [1.54, 1.807) is 12.1 Å². The van der Waals surface area contributed by atoms with Crippen LogP contribution in [-0.4, -0.2) is 28.0 Å². The summed E-state index contributed by atoms with van der Waals surface area (Å²) >= 11 is 3.60. The van der Waals surface area contributed by atoms with Crippen molar-refractivity contribution >= 4 is 44.3 Å². The fraction of sp³-hybridized carbons (Fsp3) is 0. The molecule has 0 unspecified atom stereocenters. The molecule has 1 aromatic carbocycles. The lowest BCUT2D eigenvalue weighted by atomic mass is 10.0. The first-order valence-corrected chi connectivity index (χ1v) is 10.9. The summed E-state index contributed by atoms with van der Waals surface area (Å²) in [6.07, 6.45) is 21.6. The van der Waals surface area contributed by atoms with Gasteiger partial charge in [-0.3, -0.25) is 0 Å². The van der Waals surface area contributed by atoms with Crippen molar-refractivity contribution in [3.63, 3.8) is 0 Å². The highest BCUT2D eigenvalue weighted by atomic mass is 79.9. The molecule has 0 aromatic heterocycles. The second-order valence-corrected chi connectivity index (χ2v) is 8.46. The molecule has 0 aliphatic carbocycles. The third-order valence-corrected chi connectivity index (χ3v) is 5.97. The van der Waals surface area contributed by atoms with Gasteiger partial charge in [0.2, 0.25) is 0 Å². The normalized spacial score (nSPS) is 20.2. The van der Waals surface area contributed by atoms with E-state index in [2.05, 4.69) is 25.9 Å². The highest BCUT2D eigenvalue weighted by Gasteiger charge is 2.20. The molecule has 152 valence electrons. The number of aromatic hydroxyl groups is 1. The summed E-state index contributed by atoms with van der Waals surface area (Å²) in [4.78, 5) is 18.9. The lowest BCUT2D eigenvalue weighted by molar-refractivity contribution is 0.475. The molecule has 5 heterocycles. The molecule has 0 radical (unpaired) electrons. The van der Waals surface area contributed by atoms with Crippen LogP contribution in [0.2, 0.25) is 0 Å². The molecule has 6 heteroatoms. The maximum atomic E-state index is 10.1. The van der Waals surface area contributed by atoms with Gasteiger partial charge in [-0.25, -0.2) is 20.0 Å². The van der Waals surface area contributed by atoms with E-state index < -0.39 is 0 Å². The third kappa shape index (κ3) is 3.55. The van der Waals surface area contributed by atoms with Gasteiger partial charge in [-0.2, -0.15) is 0 Å². The second kappa shape index (κ2) is 7.35. The monoisotopic (exact) mass is 478 g/mol. The van der Waals surface area contributed by atoms with Gasteiger partial charge in [-0.05, 0) is 85.0 Å². The summed E-state index contributed by atoms with van der Waals surface area (Å²) in [5, 5.41) is 10.1. The third-order valence-electron chi connectivity index (χ3n) is 5.28.